The Labute approximate surface area is 155 Å². The molecule has 0 radical (unpaired) electrons. The van der Waals surface area contributed by atoms with Crippen LogP contribution < -0.4 is 0 Å². The van der Waals surface area contributed by atoms with Gasteiger partial charge in [0, 0.05) is 28.6 Å². The van der Waals surface area contributed by atoms with Crippen molar-refractivity contribution in [2.24, 2.45) is 0 Å². The topological polar surface area (TPSA) is 89.3 Å². The number of carboxylic acid groups (broad SMARTS) is 1. The first-order valence-electron chi connectivity index (χ1n) is 7.60. The van der Waals surface area contributed by atoms with E-state index in [9.17, 15) is 13.2 Å². The summed E-state index contributed by atoms with van der Waals surface area (Å²) in [7, 11) is -3.30. The lowest BCUT2D eigenvalue weighted by molar-refractivity contribution is -0.137. The van der Waals surface area contributed by atoms with Gasteiger partial charge in [0.1, 0.15) is 12.2 Å². The molecule has 0 saturated heterocycles. The summed E-state index contributed by atoms with van der Waals surface area (Å²) in [5.74, 6) is -1.01. The van der Waals surface area contributed by atoms with Gasteiger partial charge in [-0.2, -0.15) is 5.10 Å². The van der Waals surface area contributed by atoms with Crippen LogP contribution in [0.5, 0.6) is 0 Å². The van der Waals surface area contributed by atoms with E-state index in [1.807, 2.05) is 12.1 Å². The fourth-order valence-electron chi connectivity index (χ4n) is 2.55. The number of aliphatic carboxylic acids is 1. The monoisotopic (exact) mass is 390 g/mol. The smallest absolute Gasteiger partial charge is 0.325 e. The Bertz CT molecular complexity index is 1060. The van der Waals surface area contributed by atoms with Gasteiger partial charge in [0.2, 0.25) is 0 Å². The molecular formula is C18H15ClN2O4S. The van der Waals surface area contributed by atoms with Crippen LogP contribution in [0.4, 0.5) is 0 Å². The van der Waals surface area contributed by atoms with Crippen molar-refractivity contribution in [3.8, 4) is 22.4 Å². The predicted molar refractivity (Wildman–Crippen MR) is 98.9 cm³/mol. The van der Waals surface area contributed by atoms with Crippen LogP contribution in [0.3, 0.4) is 0 Å². The van der Waals surface area contributed by atoms with Gasteiger partial charge in [0.05, 0.1) is 4.90 Å². The highest BCUT2D eigenvalue weighted by atomic mass is 35.5. The molecular weight excluding hydrogens is 376 g/mol. The molecule has 1 heterocycles. The predicted octanol–water partition coefficient (Wildman–Crippen LogP) is 3.36. The minimum Gasteiger partial charge on any atom is -0.480 e. The van der Waals surface area contributed by atoms with E-state index >= 15 is 0 Å². The Kier molecular flexibility index (Phi) is 4.84. The third-order valence-corrected chi connectivity index (χ3v) is 5.15. The first-order valence-corrected chi connectivity index (χ1v) is 9.86. The highest BCUT2D eigenvalue weighted by Gasteiger charge is 2.15. The Hall–Kier alpha value is -2.64. The number of hydrogen-bond donors (Lipinski definition) is 1. The van der Waals surface area contributed by atoms with E-state index in [-0.39, 0.29) is 11.4 Å². The van der Waals surface area contributed by atoms with E-state index in [4.69, 9.17) is 16.7 Å². The SMILES string of the molecule is CS(=O)(=O)c1ccc(-c2nn(CC(=O)O)cc2-c2ccc(Cl)cc2)cc1. The molecule has 0 bridgehead atoms. The van der Waals surface area contributed by atoms with E-state index in [1.54, 1.807) is 30.5 Å². The molecule has 3 rings (SSSR count). The van der Waals surface area contributed by atoms with Crippen molar-refractivity contribution in [2.75, 3.05) is 6.26 Å². The van der Waals surface area contributed by atoms with Crippen molar-refractivity contribution in [1.82, 2.24) is 9.78 Å². The zero-order valence-corrected chi connectivity index (χ0v) is 15.3. The lowest BCUT2D eigenvalue weighted by Crippen LogP contribution is -2.08. The molecule has 0 aliphatic carbocycles. The first kappa shape index (κ1) is 18.2. The van der Waals surface area contributed by atoms with Crippen LogP contribution >= 0.6 is 11.6 Å². The molecule has 0 fully saturated rings. The van der Waals surface area contributed by atoms with Crippen LogP contribution in [0.1, 0.15) is 0 Å². The Morgan fingerprint density at radius 3 is 2.19 bits per heavy atom. The van der Waals surface area contributed by atoms with E-state index in [1.165, 1.54) is 16.8 Å². The van der Waals surface area contributed by atoms with Gasteiger partial charge in [-0.05, 0) is 29.8 Å². The molecule has 0 atom stereocenters. The van der Waals surface area contributed by atoms with Crippen molar-refractivity contribution >= 4 is 27.4 Å². The summed E-state index contributed by atoms with van der Waals surface area (Å²) in [5, 5.41) is 14.0. The molecule has 134 valence electrons. The second-order valence-corrected chi connectivity index (χ2v) is 8.24. The van der Waals surface area contributed by atoms with Gasteiger partial charge in [-0.25, -0.2) is 8.42 Å². The molecule has 26 heavy (non-hydrogen) atoms. The molecule has 0 unspecified atom stereocenters. The average molecular weight is 391 g/mol. The summed E-state index contributed by atoms with van der Waals surface area (Å²) in [6, 6.07) is 13.4. The lowest BCUT2D eigenvalue weighted by Gasteiger charge is -2.04. The van der Waals surface area contributed by atoms with Crippen molar-refractivity contribution in [1.29, 1.82) is 0 Å². The maximum absolute atomic E-state index is 11.6. The highest BCUT2D eigenvalue weighted by Crippen LogP contribution is 2.32. The zero-order valence-electron chi connectivity index (χ0n) is 13.8. The molecule has 0 saturated carbocycles. The van der Waals surface area contributed by atoms with Crippen LogP contribution in [0.25, 0.3) is 22.4 Å². The summed E-state index contributed by atoms with van der Waals surface area (Å²) < 4.78 is 24.6. The van der Waals surface area contributed by atoms with Crippen LogP contribution in [-0.4, -0.2) is 35.5 Å². The van der Waals surface area contributed by atoms with Gasteiger partial charge in [-0.1, -0.05) is 35.9 Å². The minimum atomic E-state index is -3.30. The van der Waals surface area contributed by atoms with Gasteiger partial charge >= 0.3 is 5.97 Å². The number of aromatic nitrogens is 2. The number of rotatable bonds is 5. The molecule has 1 aromatic heterocycles. The number of hydrogen-bond acceptors (Lipinski definition) is 4. The molecule has 6 nitrogen and oxygen atoms in total. The number of sulfone groups is 1. The highest BCUT2D eigenvalue weighted by molar-refractivity contribution is 7.90. The second-order valence-electron chi connectivity index (χ2n) is 5.79. The molecule has 1 N–H and O–H groups in total. The lowest BCUT2D eigenvalue weighted by atomic mass is 10.0. The molecule has 2 aromatic carbocycles. The van der Waals surface area contributed by atoms with Gasteiger partial charge in [-0.15, -0.1) is 0 Å². The van der Waals surface area contributed by atoms with E-state index < -0.39 is 15.8 Å². The minimum absolute atomic E-state index is 0.208. The van der Waals surface area contributed by atoms with Crippen molar-refractivity contribution in [3.05, 3.63) is 59.8 Å². The molecule has 0 aliphatic heterocycles. The van der Waals surface area contributed by atoms with Crippen LogP contribution in [-0.2, 0) is 21.2 Å². The van der Waals surface area contributed by atoms with E-state index in [0.29, 0.717) is 16.3 Å². The maximum atomic E-state index is 11.6. The summed E-state index contributed by atoms with van der Waals surface area (Å²) in [5.41, 5.74) is 2.81. The fraction of sp³-hybridized carbons (Fsp3) is 0.111. The number of benzene rings is 2. The third-order valence-electron chi connectivity index (χ3n) is 3.77. The van der Waals surface area contributed by atoms with Crippen LogP contribution in [0, 0.1) is 0 Å². The maximum Gasteiger partial charge on any atom is 0.325 e. The average Bonchev–Trinajstić information content (AvgIpc) is 2.98. The summed E-state index contributed by atoms with van der Waals surface area (Å²) in [6.07, 6.45) is 2.79. The standard InChI is InChI=1S/C18H15ClN2O4S/c1-26(24,25)15-8-4-13(5-9-15)18-16(10-21(20-18)11-17(22)23)12-2-6-14(19)7-3-12/h2-10H,11H2,1H3,(H,22,23). The summed E-state index contributed by atoms with van der Waals surface area (Å²) in [6.45, 7) is -0.276. The largest absolute Gasteiger partial charge is 0.480 e. The van der Waals surface area contributed by atoms with Crippen molar-refractivity contribution < 1.29 is 18.3 Å². The number of nitrogens with zero attached hydrogens (tertiary/aromatic N) is 2. The van der Waals surface area contributed by atoms with E-state index in [0.717, 1.165) is 17.4 Å². The van der Waals surface area contributed by atoms with Gasteiger partial charge < -0.3 is 5.11 Å². The Balaban J connectivity index is 2.11. The Morgan fingerprint density at radius 2 is 1.65 bits per heavy atom. The van der Waals surface area contributed by atoms with Crippen LogP contribution in [0.15, 0.2) is 59.6 Å². The second kappa shape index (κ2) is 6.93. The van der Waals surface area contributed by atoms with Crippen molar-refractivity contribution in [3.63, 3.8) is 0 Å². The van der Waals surface area contributed by atoms with Crippen LogP contribution in [0.2, 0.25) is 5.02 Å². The molecule has 3 aromatic rings. The summed E-state index contributed by atoms with van der Waals surface area (Å²) >= 11 is 5.93. The molecule has 0 aliphatic rings. The quantitative estimate of drug-likeness (QED) is 0.721. The molecule has 0 spiro atoms. The molecule has 8 heteroatoms. The van der Waals surface area contributed by atoms with Gasteiger partial charge in [0.25, 0.3) is 0 Å². The number of carbonyl (C=O) groups is 1. The first-order chi connectivity index (χ1) is 12.2. The number of halogens is 1. The zero-order chi connectivity index (χ0) is 18.9. The number of carboxylic acids is 1. The van der Waals surface area contributed by atoms with E-state index in [2.05, 4.69) is 5.10 Å². The third kappa shape index (κ3) is 3.95. The molecule has 0 amide bonds. The normalized spacial score (nSPS) is 11.5. The Morgan fingerprint density at radius 1 is 1.08 bits per heavy atom. The van der Waals surface area contributed by atoms with Gasteiger partial charge in [-0.3, -0.25) is 9.48 Å². The van der Waals surface area contributed by atoms with Gasteiger partial charge in [0.15, 0.2) is 9.84 Å². The van der Waals surface area contributed by atoms with Crippen molar-refractivity contribution in [2.45, 2.75) is 11.4 Å². The summed E-state index contributed by atoms with van der Waals surface area (Å²) in [4.78, 5) is 11.2. The fourth-order valence-corrected chi connectivity index (χ4v) is 3.31.